The van der Waals surface area contributed by atoms with E-state index in [0.717, 1.165) is 25.1 Å². The highest BCUT2D eigenvalue weighted by molar-refractivity contribution is 5.64. The minimum Gasteiger partial charge on any atom is -0.487 e. The Morgan fingerprint density at radius 1 is 1.45 bits per heavy atom. The van der Waals surface area contributed by atoms with Gasteiger partial charge in [0.2, 0.25) is 0 Å². The van der Waals surface area contributed by atoms with Crippen molar-refractivity contribution in [2.75, 3.05) is 24.6 Å². The molecule has 22 heavy (non-hydrogen) atoms. The van der Waals surface area contributed by atoms with E-state index in [-0.39, 0.29) is 11.9 Å². The fourth-order valence-electron chi connectivity index (χ4n) is 2.84. The van der Waals surface area contributed by atoms with Gasteiger partial charge in [-0.1, -0.05) is 0 Å². The Kier molecular flexibility index (Phi) is 5.46. The largest absolute Gasteiger partial charge is 0.487 e. The third-order valence-electron chi connectivity index (χ3n) is 3.73. The molecule has 1 amide bonds. The summed E-state index contributed by atoms with van der Waals surface area (Å²) in [5.74, 6) is 0.263. The number of hydrogen-bond donors (Lipinski definition) is 1. The number of primary amides is 1. The number of halogens is 1. The van der Waals surface area contributed by atoms with Gasteiger partial charge in [0, 0.05) is 30.8 Å². The molecule has 0 spiro atoms. The molecule has 2 heterocycles. The molecule has 2 aliphatic rings. The minimum atomic E-state index is -0.711. The van der Waals surface area contributed by atoms with Crippen LogP contribution < -0.4 is 15.4 Å². The van der Waals surface area contributed by atoms with Crippen LogP contribution in [0.5, 0.6) is 5.75 Å². The molecule has 2 N–H and O–H groups in total. The molecule has 1 atom stereocenters. The first-order chi connectivity index (χ1) is 10.5. The summed E-state index contributed by atoms with van der Waals surface area (Å²) < 4.78 is 23.3. The molecule has 1 fully saturated rings. The molecule has 0 aliphatic carbocycles. The molecule has 0 bridgehead atoms. The zero-order valence-corrected chi connectivity index (χ0v) is 13.1. The number of anilines is 1. The number of ether oxygens (including phenoxy) is 2. The van der Waals surface area contributed by atoms with Gasteiger partial charge in [0.05, 0.1) is 6.61 Å². The molecule has 1 aromatic rings. The van der Waals surface area contributed by atoms with E-state index < -0.39 is 6.09 Å². The quantitative estimate of drug-likeness (QED) is 0.912. The van der Waals surface area contributed by atoms with E-state index in [9.17, 15) is 9.18 Å². The number of nitrogens with two attached hydrogens (primary N) is 1. The van der Waals surface area contributed by atoms with Gasteiger partial charge in [0.25, 0.3) is 0 Å². The number of nitrogens with zero attached hydrogens (tertiary/aromatic N) is 1. The maximum absolute atomic E-state index is 13.6. The second kappa shape index (κ2) is 7.33. The van der Waals surface area contributed by atoms with Crippen molar-refractivity contribution in [1.82, 2.24) is 0 Å². The molecule has 3 rings (SSSR count). The molecule has 6 heteroatoms. The van der Waals surface area contributed by atoms with E-state index in [1.54, 1.807) is 6.92 Å². The average molecular weight is 310 g/mol. The van der Waals surface area contributed by atoms with Gasteiger partial charge in [-0.2, -0.15) is 0 Å². The lowest BCUT2D eigenvalue weighted by atomic mass is 10.1. The van der Waals surface area contributed by atoms with E-state index in [4.69, 9.17) is 4.74 Å². The summed E-state index contributed by atoms with van der Waals surface area (Å²) in [6, 6.07) is 3.44. The zero-order chi connectivity index (χ0) is 16.1. The van der Waals surface area contributed by atoms with Crippen LogP contribution in [0.4, 0.5) is 14.9 Å². The highest BCUT2D eigenvalue weighted by atomic mass is 19.1. The standard InChI is InChI=1S/C13H16FNO.C3H7NO2/c1-9-8-10-12(15-6-2-3-7-15)5-4-11(14)13(10)16-9;1-2-6-3(4)5/h4-5,9H,2-3,6-8H2,1H3;2H2,1H3,(H2,4,5). The Bertz CT molecular complexity index is 530. The van der Waals surface area contributed by atoms with Gasteiger partial charge in [-0.3, -0.25) is 0 Å². The lowest BCUT2D eigenvalue weighted by Crippen LogP contribution is -2.19. The SMILES string of the molecule is CC1Cc2c(N3CCCC3)ccc(F)c2O1.CCOC(N)=O. The van der Waals surface area contributed by atoms with Crippen molar-refractivity contribution >= 4 is 11.8 Å². The van der Waals surface area contributed by atoms with Crippen LogP contribution in [0, 0.1) is 5.82 Å². The van der Waals surface area contributed by atoms with Crippen LogP contribution in [0.25, 0.3) is 0 Å². The van der Waals surface area contributed by atoms with E-state index in [1.807, 2.05) is 13.0 Å². The molecule has 1 saturated heterocycles. The maximum Gasteiger partial charge on any atom is 0.404 e. The Morgan fingerprint density at radius 2 is 2.14 bits per heavy atom. The third-order valence-corrected chi connectivity index (χ3v) is 3.73. The molecule has 0 radical (unpaired) electrons. The third kappa shape index (κ3) is 3.81. The van der Waals surface area contributed by atoms with E-state index in [2.05, 4.69) is 15.4 Å². The van der Waals surface area contributed by atoms with Crippen LogP contribution in [0.15, 0.2) is 12.1 Å². The first-order valence-corrected chi connectivity index (χ1v) is 7.68. The molecular formula is C16H23FN2O3. The van der Waals surface area contributed by atoms with Crippen molar-refractivity contribution in [2.45, 2.75) is 39.2 Å². The summed E-state index contributed by atoms with van der Waals surface area (Å²) in [6.45, 7) is 6.23. The lowest BCUT2D eigenvalue weighted by Gasteiger charge is -2.20. The summed E-state index contributed by atoms with van der Waals surface area (Å²) in [7, 11) is 0. The molecule has 122 valence electrons. The van der Waals surface area contributed by atoms with Crippen molar-refractivity contribution in [3.8, 4) is 5.75 Å². The van der Waals surface area contributed by atoms with Gasteiger partial charge in [-0.25, -0.2) is 9.18 Å². The number of carbonyl (C=O) groups is 1. The Balaban J connectivity index is 0.000000254. The van der Waals surface area contributed by atoms with Crippen molar-refractivity contribution in [2.24, 2.45) is 5.73 Å². The van der Waals surface area contributed by atoms with Crippen molar-refractivity contribution in [3.63, 3.8) is 0 Å². The molecule has 1 unspecified atom stereocenters. The summed E-state index contributed by atoms with van der Waals surface area (Å²) >= 11 is 0. The summed E-state index contributed by atoms with van der Waals surface area (Å²) in [4.78, 5) is 11.9. The van der Waals surface area contributed by atoms with Gasteiger partial charge in [-0.15, -0.1) is 0 Å². The van der Waals surface area contributed by atoms with Crippen LogP contribution >= 0.6 is 0 Å². The number of amides is 1. The number of rotatable bonds is 2. The topological polar surface area (TPSA) is 64.8 Å². The summed E-state index contributed by atoms with van der Waals surface area (Å²) in [5.41, 5.74) is 6.78. The lowest BCUT2D eigenvalue weighted by molar-refractivity contribution is 0.163. The van der Waals surface area contributed by atoms with Gasteiger partial charge >= 0.3 is 6.09 Å². The van der Waals surface area contributed by atoms with Crippen LogP contribution in [0.2, 0.25) is 0 Å². The summed E-state index contributed by atoms with van der Waals surface area (Å²) in [5, 5.41) is 0. The second-order valence-corrected chi connectivity index (χ2v) is 5.45. The highest BCUT2D eigenvalue weighted by Crippen LogP contribution is 2.39. The highest BCUT2D eigenvalue weighted by Gasteiger charge is 2.28. The zero-order valence-electron chi connectivity index (χ0n) is 13.1. The van der Waals surface area contributed by atoms with Gasteiger partial charge in [0.1, 0.15) is 6.10 Å². The molecule has 1 aromatic carbocycles. The van der Waals surface area contributed by atoms with E-state index in [0.29, 0.717) is 12.4 Å². The second-order valence-electron chi connectivity index (χ2n) is 5.45. The number of carbonyl (C=O) groups excluding carboxylic acids is 1. The number of benzene rings is 1. The first kappa shape index (κ1) is 16.4. The fraction of sp³-hybridized carbons (Fsp3) is 0.562. The maximum atomic E-state index is 13.6. The van der Waals surface area contributed by atoms with Crippen LogP contribution in [0.1, 0.15) is 32.3 Å². The van der Waals surface area contributed by atoms with E-state index in [1.165, 1.54) is 24.6 Å². The number of hydrogen-bond acceptors (Lipinski definition) is 4. The monoisotopic (exact) mass is 310 g/mol. The Labute approximate surface area is 130 Å². The normalized spacial score (nSPS) is 19.0. The fourth-order valence-corrected chi connectivity index (χ4v) is 2.84. The summed E-state index contributed by atoms with van der Waals surface area (Å²) in [6.07, 6.45) is 2.70. The van der Waals surface area contributed by atoms with Crippen LogP contribution in [-0.2, 0) is 11.2 Å². The average Bonchev–Trinajstić information content (AvgIpc) is 3.09. The molecule has 2 aliphatic heterocycles. The van der Waals surface area contributed by atoms with Gasteiger partial charge in [0.15, 0.2) is 11.6 Å². The molecular weight excluding hydrogens is 287 g/mol. The van der Waals surface area contributed by atoms with Crippen molar-refractivity contribution in [1.29, 1.82) is 0 Å². The smallest absolute Gasteiger partial charge is 0.404 e. The van der Waals surface area contributed by atoms with Crippen molar-refractivity contribution in [3.05, 3.63) is 23.5 Å². The molecule has 0 aromatic heterocycles. The Morgan fingerprint density at radius 3 is 2.68 bits per heavy atom. The van der Waals surface area contributed by atoms with E-state index >= 15 is 0 Å². The van der Waals surface area contributed by atoms with Gasteiger partial charge < -0.3 is 20.1 Å². The predicted molar refractivity (Wildman–Crippen MR) is 82.9 cm³/mol. The van der Waals surface area contributed by atoms with Crippen molar-refractivity contribution < 1.29 is 18.7 Å². The molecule has 0 saturated carbocycles. The van der Waals surface area contributed by atoms with Crippen LogP contribution in [0.3, 0.4) is 0 Å². The number of fused-ring (bicyclic) bond motifs is 1. The Hall–Kier alpha value is -1.98. The predicted octanol–water partition coefficient (Wildman–Crippen LogP) is 2.85. The molecule has 5 nitrogen and oxygen atoms in total. The van der Waals surface area contributed by atoms with Crippen LogP contribution in [-0.4, -0.2) is 31.9 Å². The first-order valence-electron chi connectivity index (χ1n) is 7.68. The van der Waals surface area contributed by atoms with Gasteiger partial charge in [-0.05, 0) is 38.8 Å². The minimum absolute atomic E-state index is 0.105.